The molecule has 0 spiro atoms. The number of hydrogen-bond donors (Lipinski definition) is 1. The van der Waals surface area contributed by atoms with Crippen LogP contribution in [-0.2, 0) is 16.6 Å². The van der Waals surface area contributed by atoms with Crippen LogP contribution < -0.4 is 5.73 Å². The maximum absolute atomic E-state index is 13.3. The summed E-state index contributed by atoms with van der Waals surface area (Å²) in [4.78, 5) is 0.405. The van der Waals surface area contributed by atoms with E-state index in [-0.39, 0.29) is 11.4 Å². The van der Waals surface area contributed by atoms with E-state index in [0.29, 0.717) is 10.9 Å². The summed E-state index contributed by atoms with van der Waals surface area (Å²) in [6, 6.07) is 6.39. The normalized spacial score (nSPS) is 17.2. The molecule has 3 rings (SSSR count). The highest BCUT2D eigenvalue weighted by atomic mass is 32.2. The lowest BCUT2D eigenvalue weighted by Crippen LogP contribution is -2.06. The van der Waals surface area contributed by atoms with Gasteiger partial charge in [-0.05, 0) is 37.1 Å². The van der Waals surface area contributed by atoms with Crippen molar-refractivity contribution in [2.75, 3.05) is 5.73 Å². The zero-order valence-electron chi connectivity index (χ0n) is 11.7. The van der Waals surface area contributed by atoms with Crippen LogP contribution in [0.4, 0.5) is 10.1 Å². The Labute approximate surface area is 125 Å². The molecular weight excluding hydrogens is 289 g/mol. The summed E-state index contributed by atoms with van der Waals surface area (Å²) in [5, 5.41) is 4.50. The molecule has 1 aliphatic rings. The number of anilines is 1. The molecule has 0 aliphatic heterocycles. The average molecular weight is 307 g/mol. The molecule has 1 unspecified atom stereocenters. The molecule has 2 aromatic rings. The van der Waals surface area contributed by atoms with Crippen LogP contribution in [0.3, 0.4) is 0 Å². The first-order valence-corrected chi connectivity index (χ1v) is 8.42. The maximum Gasteiger partial charge on any atom is 0.126 e. The molecule has 0 radical (unpaired) electrons. The second kappa shape index (κ2) is 5.97. The lowest BCUT2D eigenvalue weighted by atomic mass is 10.3. The summed E-state index contributed by atoms with van der Waals surface area (Å²) >= 11 is 0. The Bertz CT molecular complexity index is 644. The van der Waals surface area contributed by atoms with Crippen molar-refractivity contribution in [1.29, 1.82) is 0 Å². The molecule has 1 heterocycles. The molecule has 0 saturated heterocycles. The standard InChI is InChI=1S/C15H18FN3OS/c16-11-7-12(17)9-15(8-11)21(20)10-13-5-6-19(18-13)14-3-1-2-4-14/h5-9,14H,1-4,10,17H2. The molecular formula is C15H18FN3OS. The quantitative estimate of drug-likeness (QED) is 0.883. The molecule has 21 heavy (non-hydrogen) atoms. The molecule has 1 saturated carbocycles. The third kappa shape index (κ3) is 3.32. The predicted octanol–water partition coefficient (Wildman–Crippen LogP) is 3.03. The van der Waals surface area contributed by atoms with Crippen molar-refractivity contribution in [1.82, 2.24) is 9.78 Å². The monoisotopic (exact) mass is 307 g/mol. The zero-order valence-corrected chi connectivity index (χ0v) is 12.5. The first-order valence-electron chi connectivity index (χ1n) is 7.10. The number of halogens is 1. The van der Waals surface area contributed by atoms with Gasteiger partial charge in [-0.15, -0.1) is 0 Å². The van der Waals surface area contributed by atoms with Crippen molar-refractivity contribution in [2.24, 2.45) is 0 Å². The highest BCUT2D eigenvalue weighted by Gasteiger charge is 2.18. The molecule has 112 valence electrons. The first kappa shape index (κ1) is 14.3. The average Bonchev–Trinajstić information content (AvgIpc) is 3.07. The van der Waals surface area contributed by atoms with E-state index >= 15 is 0 Å². The third-order valence-electron chi connectivity index (χ3n) is 3.80. The van der Waals surface area contributed by atoms with Gasteiger partial charge in [0, 0.05) is 16.8 Å². The van der Waals surface area contributed by atoms with Gasteiger partial charge in [0.1, 0.15) is 5.82 Å². The molecule has 0 bridgehead atoms. The van der Waals surface area contributed by atoms with Crippen LogP contribution in [-0.4, -0.2) is 14.0 Å². The van der Waals surface area contributed by atoms with Gasteiger partial charge in [-0.3, -0.25) is 8.89 Å². The van der Waals surface area contributed by atoms with Crippen molar-refractivity contribution in [3.63, 3.8) is 0 Å². The van der Waals surface area contributed by atoms with Crippen LogP contribution >= 0.6 is 0 Å². The minimum atomic E-state index is -1.34. The number of hydrogen-bond acceptors (Lipinski definition) is 3. The summed E-state index contributed by atoms with van der Waals surface area (Å²) in [6.45, 7) is 0. The fourth-order valence-corrected chi connectivity index (χ4v) is 3.86. The molecule has 1 atom stereocenters. The lowest BCUT2D eigenvalue weighted by Gasteiger charge is -2.08. The van der Waals surface area contributed by atoms with Crippen molar-refractivity contribution in [3.8, 4) is 0 Å². The van der Waals surface area contributed by atoms with Gasteiger partial charge in [-0.25, -0.2) is 4.39 Å². The van der Waals surface area contributed by atoms with Gasteiger partial charge in [0.05, 0.1) is 28.3 Å². The van der Waals surface area contributed by atoms with E-state index in [4.69, 9.17) is 5.73 Å². The van der Waals surface area contributed by atoms with E-state index in [1.807, 2.05) is 16.9 Å². The van der Waals surface area contributed by atoms with E-state index < -0.39 is 16.6 Å². The Morgan fingerprint density at radius 1 is 1.33 bits per heavy atom. The summed E-state index contributed by atoms with van der Waals surface area (Å²) in [5.41, 5.74) is 6.64. The fourth-order valence-electron chi connectivity index (χ4n) is 2.76. The van der Waals surface area contributed by atoms with Gasteiger partial charge < -0.3 is 5.73 Å². The summed E-state index contributed by atoms with van der Waals surface area (Å²) in [7, 11) is -1.34. The molecule has 1 aromatic carbocycles. The van der Waals surface area contributed by atoms with Crippen LogP contribution in [0, 0.1) is 5.82 Å². The third-order valence-corrected chi connectivity index (χ3v) is 5.12. The van der Waals surface area contributed by atoms with Gasteiger partial charge in [0.25, 0.3) is 0 Å². The SMILES string of the molecule is Nc1cc(F)cc(S(=O)Cc2ccn(C3CCCC3)n2)c1. The van der Waals surface area contributed by atoms with E-state index in [9.17, 15) is 8.60 Å². The highest BCUT2D eigenvalue weighted by Crippen LogP contribution is 2.29. The van der Waals surface area contributed by atoms with Crippen molar-refractivity contribution >= 4 is 16.5 Å². The van der Waals surface area contributed by atoms with Crippen LogP contribution in [0.25, 0.3) is 0 Å². The topological polar surface area (TPSA) is 60.9 Å². The fraction of sp³-hybridized carbons (Fsp3) is 0.400. The summed E-state index contributed by atoms with van der Waals surface area (Å²) < 4.78 is 27.6. The minimum Gasteiger partial charge on any atom is -0.399 e. The summed E-state index contributed by atoms with van der Waals surface area (Å²) in [6.07, 6.45) is 6.75. The Morgan fingerprint density at radius 3 is 2.81 bits per heavy atom. The molecule has 4 nitrogen and oxygen atoms in total. The molecule has 1 aliphatic carbocycles. The van der Waals surface area contributed by atoms with E-state index in [1.54, 1.807) is 6.07 Å². The molecule has 6 heteroatoms. The molecule has 2 N–H and O–H groups in total. The molecule has 1 aromatic heterocycles. The van der Waals surface area contributed by atoms with Crippen molar-refractivity contribution in [2.45, 2.75) is 42.4 Å². The minimum absolute atomic E-state index is 0.280. The first-order chi connectivity index (χ1) is 10.1. The van der Waals surface area contributed by atoms with Gasteiger partial charge in [0.2, 0.25) is 0 Å². The van der Waals surface area contributed by atoms with Gasteiger partial charge in [-0.1, -0.05) is 12.8 Å². The van der Waals surface area contributed by atoms with E-state index in [0.717, 1.165) is 18.5 Å². The van der Waals surface area contributed by atoms with Gasteiger partial charge in [0.15, 0.2) is 0 Å². The number of nitrogens with two attached hydrogens (primary N) is 1. The number of nitrogens with zero attached hydrogens (tertiary/aromatic N) is 2. The maximum atomic E-state index is 13.3. The number of rotatable bonds is 4. The van der Waals surface area contributed by atoms with Crippen LogP contribution in [0.5, 0.6) is 0 Å². The lowest BCUT2D eigenvalue weighted by molar-refractivity contribution is 0.464. The number of nitrogen functional groups attached to an aromatic ring is 1. The predicted molar refractivity (Wildman–Crippen MR) is 80.7 cm³/mol. The van der Waals surface area contributed by atoms with Crippen LogP contribution in [0.15, 0.2) is 35.4 Å². The molecule has 0 amide bonds. The van der Waals surface area contributed by atoms with Gasteiger partial charge in [-0.2, -0.15) is 5.10 Å². The van der Waals surface area contributed by atoms with E-state index in [1.165, 1.54) is 25.0 Å². The number of aromatic nitrogens is 2. The second-order valence-electron chi connectivity index (χ2n) is 5.44. The van der Waals surface area contributed by atoms with Crippen molar-refractivity contribution in [3.05, 3.63) is 42.0 Å². The van der Waals surface area contributed by atoms with E-state index in [2.05, 4.69) is 5.10 Å². The summed E-state index contributed by atoms with van der Waals surface area (Å²) in [5.74, 6) is -0.183. The Hall–Kier alpha value is -1.69. The Morgan fingerprint density at radius 2 is 2.10 bits per heavy atom. The van der Waals surface area contributed by atoms with Gasteiger partial charge >= 0.3 is 0 Å². The second-order valence-corrected chi connectivity index (χ2v) is 6.89. The Kier molecular flexibility index (Phi) is 4.05. The Balaban J connectivity index is 1.72. The molecule has 1 fully saturated rings. The smallest absolute Gasteiger partial charge is 0.126 e. The highest BCUT2D eigenvalue weighted by molar-refractivity contribution is 7.84. The van der Waals surface area contributed by atoms with Crippen LogP contribution in [0.1, 0.15) is 37.4 Å². The van der Waals surface area contributed by atoms with Crippen molar-refractivity contribution < 1.29 is 8.60 Å². The zero-order chi connectivity index (χ0) is 14.8. The largest absolute Gasteiger partial charge is 0.399 e. The van der Waals surface area contributed by atoms with Crippen LogP contribution in [0.2, 0.25) is 0 Å². The number of benzene rings is 1.